The lowest BCUT2D eigenvalue weighted by Gasteiger charge is -2.18. The normalized spacial score (nSPS) is 13.7. The minimum atomic E-state index is 0.00855. The standard InChI is InChI=1S/C19H27N3O3S2/c1-4-21(5-2)15(23)12-26-19-20-17-16(18(24)22(19)10-11-25-3)13-8-6-7-9-14(13)27-17/h4-12H2,1-3H3. The fourth-order valence-corrected chi connectivity index (χ4v) is 5.73. The first-order valence-corrected chi connectivity index (χ1v) is 11.3. The zero-order valence-electron chi connectivity index (χ0n) is 16.2. The topological polar surface area (TPSA) is 64.4 Å². The third-order valence-electron chi connectivity index (χ3n) is 5.00. The number of nitrogens with zero attached hydrogens (tertiary/aromatic N) is 3. The summed E-state index contributed by atoms with van der Waals surface area (Å²) in [6.45, 7) is 6.22. The van der Waals surface area contributed by atoms with Gasteiger partial charge < -0.3 is 9.64 Å². The Hall–Kier alpha value is -1.38. The van der Waals surface area contributed by atoms with Gasteiger partial charge in [0.25, 0.3) is 5.56 Å². The van der Waals surface area contributed by atoms with Crippen LogP contribution < -0.4 is 5.56 Å². The second-order valence-electron chi connectivity index (χ2n) is 6.59. The summed E-state index contributed by atoms with van der Waals surface area (Å²) in [7, 11) is 1.63. The van der Waals surface area contributed by atoms with E-state index in [0.29, 0.717) is 31.4 Å². The number of ether oxygens (including phenoxy) is 1. The molecule has 0 unspecified atom stereocenters. The van der Waals surface area contributed by atoms with E-state index >= 15 is 0 Å². The summed E-state index contributed by atoms with van der Waals surface area (Å²) in [6.07, 6.45) is 4.31. The van der Waals surface area contributed by atoms with E-state index in [9.17, 15) is 9.59 Å². The van der Waals surface area contributed by atoms with Gasteiger partial charge in [0.2, 0.25) is 5.91 Å². The fraction of sp³-hybridized carbons (Fsp3) is 0.632. The van der Waals surface area contributed by atoms with E-state index in [0.717, 1.165) is 29.5 Å². The molecule has 148 valence electrons. The van der Waals surface area contributed by atoms with E-state index in [4.69, 9.17) is 9.72 Å². The lowest BCUT2D eigenvalue weighted by Crippen LogP contribution is -2.32. The highest BCUT2D eigenvalue weighted by molar-refractivity contribution is 7.99. The highest BCUT2D eigenvalue weighted by atomic mass is 32.2. The Morgan fingerprint density at radius 2 is 2.04 bits per heavy atom. The third-order valence-corrected chi connectivity index (χ3v) is 7.15. The van der Waals surface area contributed by atoms with Crippen molar-refractivity contribution in [3.05, 3.63) is 20.8 Å². The van der Waals surface area contributed by atoms with Crippen molar-refractivity contribution >= 4 is 39.2 Å². The molecule has 2 aromatic heterocycles. The van der Waals surface area contributed by atoms with Crippen LogP contribution in [-0.2, 0) is 28.9 Å². The van der Waals surface area contributed by atoms with Crippen molar-refractivity contribution in [2.24, 2.45) is 0 Å². The first-order valence-electron chi connectivity index (χ1n) is 9.55. The first kappa shape index (κ1) is 20.4. The second-order valence-corrected chi connectivity index (χ2v) is 8.62. The number of aryl methyl sites for hydroxylation is 2. The largest absolute Gasteiger partial charge is 0.383 e. The maximum absolute atomic E-state index is 13.2. The minimum absolute atomic E-state index is 0.00855. The van der Waals surface area contributed by atoms with Crippen LogP contribution in [0, 0.1) is 0 Å². The molecule has 1 aliphatic carbocycles. The van der Waals surface area contributed by atoms with Crippen molar-refractivity contribution in [2.75, 3.05) is 32.6 Å². The van der Waals surface area contributed by atoms with Crippen molar-refractivity contribution in [1.82, 2.24) is 14.5 Å². The Balaban J connectivity index is 1.97. The van der Waals surface area contributed by atoms with Gasteiger partial charge in [0.05, 0.1) is 24.3 Å². The zero-order chi connectivity index (χ0) is 19.4. The maximum atomic E-state index is 13.2. The molecule has 0 N–H and O–H groups in total. The van der Waals surface area contributed by atoms with Gasteiger partial charge in [-0.05, 0) is 45.1 Å². The number of hydrogen-bond donors (Lipinski definition) is 0. The number of rotatable bonds is 8. The van der Waals surface area contributed by atoms with Gasteiger partial charge in [-0.3, -0.25) is 14.2 Å². The summed E-state index contributed by atoms with van der Waals surface area (Å²) < 4.78 is 6.88. The lowest BCUT2D eigenvalue weighted by atomic mass is 9.97. The summed E-state index contributed by atoms with van der Waals surface area (Å²) in [4.78, 5) is 34.3. The molecule has 2 heterocycles. The number of aromatic nitrogens is 2. The van der Waals surface area contributed by atoms with Gasteiger partial charge in [0, 0.05) is 25.1 Å². The molecule has 0 radical (unpaired) electrons. The molecule has 3 rings (SSSR count). The molecule has 0 spiro atoms. The fourth-order valence-electron chi connectivity index (χ4n) is 3.50. The lowest BCUT2D eigenvalue weighted by molar-refractivity contribution is -0.127. The minimum Gasteiger partial charge on any atom is -0.383 e. The van der Waals surface area contributed by atoms with Gasteiger partial charge in [-0.2, -0.15) is 0 Å². The predicted octanol–water partition coefficient (Wildman–Crippen LogP) is 2.94. The molecule has 0 saturated heterocycles. The van der Waals surface area contributed by atoms with Crippen LogP contribution in [0.25, 0.3) is 10.2 Å². The van der Waals surface area contributed by atoms with Gasteiger partial charge >= 0.3 is 0 Å². The van der Waals surface area contributed by atoms with Crippen molar-refractivity contribution in [3.63, 3.8) is 0 Å². The molecule has 1 aliphatic rings. The van der Waals surface area contributed by atoms with Crippen molar-refractivity contribution in [3.8, 4) is 0 Å². The van der Waals surface area contributed by atoms with Gasteiger partial charge in [0.15, 0.2) is 5.16 Å². The summed E-state index contributed by atoms with van der Waals surface area (Å²) >= 11 is 3.00. The van der Waals surface area contributed by atoms with Crippen LogP contribution in [0.3, 0.4) is 0 Å². The molecule has 1 amide bonds. The Morgan fingerprint density at radius 3 is 2.74 bits per heavy atom. The number of carbonyl (C=O) groups is 1. The number of carbonyl (C=O) groups excluding carboxylic acids is 1. The van der Waals surface area contributed by atoms with Crippen LogP contribution in [0.4, 0.5) is 0 Å². The first-order chi connectivity index (χ1) is 13.1. The molecular formula is C19H27N3O3S2. The smallest absolute Gasteiger partial charge is 0.263 e. The van der Waals surface area contributed by atoms with Gasteiger partial charge in [-0.15, -0.1) is 11.3 Å². The van der Waals surface area contributed by atoms with E-state index in [2.05, 4.69) is 0 Å². The summed E-state index contributed by atoms with van der Waals surface area (Å²) in [5.41, 5.74) is 1.20. The van der Waals surface area contributed by atoms with E-state index < -0.39 is 0 Å². The molecule has 0 saturated carbocycles. The Bertz CT molecular complexity index is 871. The average molecular weight is 410 g/mol. The monoisotopic (exact) mass is 409 g/mol. The number of fused-ring (bicyclic) bond motifs is 3. The number of thiophene rings is 1. The highest BCUT2D eigenvalue weighted by Gasteiger charge is 2.22. The van der Waals surface area contributed by atoms with E-state index in [1.807, 2.05) is 13.8 Å². The van der Waals surface area contributed by atoms with E-state index in [1.165, 1.54) is 28.6 Å². The molecule has 27 heavy (non-hydrogen) atoms. The third kappa shape index (κ3) is 4.22. The SMILES string of the molecule is CCN(CC)C(=O)CSc1nc2sc3c(c2c(=O)n1CCOC)CCCC3. The zero-order valence-corrected chi connectivity index (χ0v) is 17.9. The van der Waals surface area contributed by atoms with E-state index in [-0.39, 0.29) is 17.2 Å². The van der Waals surface area contributed by atoms with Crippen LogP contribution in [0.2, 0.25) is 0 Å². The Morgan fingerprint density at radius 1 is 1.30 bits per heavy atom. The van der Waals surface area contributed by atoms with Crippen molar-refractivity contribution in [2.45, 2.75) is 51.2 Å². The molecule has 0 bridgehead atoms. The highest BCUT2D eigenvalue weighted by Crippen LogP contribution is 2.34. The average Bonchev–Trinajstić information content (AvgIpc) is 3.05. The van der Waals surface area contributed by atoms with Crippen LogP contribution in [-0.4, -0.2) is 52.9 Å². The quantitative estimate of drug-likeness (QED) is 0.495. The van der Waals surface area contributed by atoms with Crippen LogP contribution >= 0.6 is 23.1 Å². The number of thioether (sulfide) groups is 1. The van der Waals surface area contributed by atoms with Crippen LogP contribution in [0.1, 0.15) is 37.1 Å². The number of hydrogen-bond acceptors (Lipinski definition) is 6. The maximum Gasteiger partial charge on any atom is 0.263 e. The molecule has 8 heteroatoms. The molecule has 6 nitrogen and oxygen atoms in total. The van der Waals surface area contributed by atoms with E-state index in [1.54, 1.807) is 27.9 Å². The number of amides is 1. The Labute approximate surface area is 167 Å². The van der Waals surface area contributed by atoms with Gasteiger partial charge in [-0.25, -0.2) is 4.98 Å². The molecule has 0 atom stereocenters. The van der Waals surface area contributed by atoms with Crippen LogP contribution in [0.5, 0.6) is 0 Å². The predicted molar refractivity (Wildman–Crippen MR) is 111 cm³/mol. The molecule has 0 aliphatic heterocycles. The molecular weight excluding hydrogens is 382 g/mol. The van der Waals surface area contributed by atoms with Crippen molar-refractivity contribution < 1.29 is 9.53 Å². The van der Waals surface area contributed by atoms with Gasteiger partial charge in [0.1, 0.15) is 4.83 Å². The van der Waals surface area contributed by atoms with Gasteiger partial charge in [-0.1, -0.05) is 11.8 Å². The molecule has 0 fully saturated rings. The summed E-state index contributed by atoms with van der Waals surface area (Å²) in [5, 5.41) is 1.40. The Kier molecular flexibility index (Phi) is 6.94. The van der Waals surface area contributed by atoms with Crippen LogP contribution in [0.15, 0.2) is 9.95 Å². The molecule has 2 aromatic rings. The molecule has 0 aromatic carbocycles. The number of methoxy groups -OCH3 is 1. The second kappa shape index (κ2) is 9.21. The van der Waals surface area contributed by atoms with Crippen molar-refractivity contribution in [1.29, 1.82) is 0 Å². The summed E-state index contributed by atoms with van der Waals surface area (Å²) in [5.74, 6) is 0.362. The summed E-state index contributed by atoms with van der Waals surface area (Å²) in [6, 6.07) is 0.